The lowest BCUT2D eigenvalue weighted by Gasteiger charge is -2.09. The maximum Gasteiger partial charge on any atom is 0.319 e. The van der Waals surface area contributed by atoms with Crippen LogP contribution in [0.25, 0.3) is 0 Å². The predicted molar refractivity (Wildman–Crippen MR) is 92.2 cm³/mol. The summed E-state index contributed by atoms with van der Waals surface area (Å²) in [5, 5.41) is 11.3. The highest BCUT2D eigenvalue weighted by Gasteiger charge is 2.23. The average molecular weight is 343 g/mol. The Hall–Kier alpha value is -1.83. The van der Waals surface area contributed by atoms with E-state index in [0.29, 0.717) is 30.6 Å². The van der Waals surface area contributed by atoms with Crippen molar-refractivity contribution < 1.29 is 14.3 Å². The maximum atomic E-state index is 11.7. The molecule has 0 saturated heterocycles. The van der Waals surface area contributed by atoms with Crippen molar-refractivity contribution in [2.45, 2.75) is 18.9 Å². The molecule has 23 heavy (non-hydrogen) atoms. The molecule has 8 heteroatoms. The highest BCUT2D eigenvalue weighted by Crippen LogP contribution is 2.19. The largest absolute Gasteiger partial charge is 0.383 e. The third-order valence-corrected chi connectivity index (χ3v) is 3.11. The van der Waals surface area contributed by atoms with E-state index >= 15 is 0 Å². The van der Waals surface area contributed by atoms with Gasteiger partial charge in [0.05, 0.1) is 13.2 Å². The van der Waals surface area contributed by atoms with Crippen LogP contribution in [0.15, 0.2) is 24.3 Å². The molecule has 1 aliphatic carbocycles. The van der Waals surface area contributed by atoms with Crippen molar-refractivity contribution in [3.8, 4) is 0 Å². The Morgan fingerprint density at radius 3 is 2.30 bits per heavy atom. The molecule has 0 unspecified atom stereocenters. The van der Waals surface area contributed by atoms with E-state index in [-0.39, 0.29) is 30.9 Å². The van der Waals surface area contributed by atoms with Crippen molar-refractivity contribution >= 4 is 35.7 Å². The fraction of sp³-hybridized carbons (Fsp3) is 0.467. The molecular formula is C15H23ClN4O3. The molecule has 1 fully saturated rings. The second-order valence-electron chi connectivity index (χ2n) is 5.17. The highest BCUT2D eigenvalue weighted by atomic mass is 35.5. The Labute approximate surface area is 141 Å². The molecule has 0 heterocycles. The van der Waals surface area contributed by atoms with Gasteiger partial charge >= 0.3 is 6.03 Å². The molecule has 0 atom stereocenters. The van der Waals surface area contributed by atoms with Gasteiger partial charge in [-0.05, 0) is 37.1 Å². The first-order valence-corrected chi connectivity index (χ1v) is 7.34. The van der Waals surface area contributed by atoms with Gasteiger partial charge < -0.3 is 26.0 Å². The van der Waals surface area contributed by atoms with Crippen molar-refractivity contribution in [1.82, 2.24) is 10.6 Å². The second-order valence-corrected chi connectivity index (χ2v) is 5.17. The normalized spacial score (nSPS) is 12.9. The van der Waals surface area contributed by atoms with Gasteiger partial charge in [-0.15, -0.1) is 12.4 Å². The first-order valence-electron chi connectivity index (χ1n) is 7.34. The molecule has 0 spiro atoms. The van der Waals surface area contributed by atoms with Crippen LogP contribution >= 0.6 is 12.4 Å². The third-order valence-electron chi connectivity index (χ3n) is 3.11. The molecule has 1 aromatic carbocycles. The van der Waals surface area contributed by atoms with Gasteiger partial charge in [-0.1, -0.05) is 0 Å². The minimum atomic E-state index is -0.193. The summed E-state index contributed by atoms with van der Waals surface area (Å²) in [7, 11) is 1.61. The number of methoxy groups -OCH3 is 1. The molecule has 0 bridgehead atoms. The van der Waals surface area contributed by atoms with Crippen LogP contribution in [0, 0.1) is 0 Å². The number of hydrogen-bond donors (Lipinski definition) is 4. The van der Waals surface area contributed by atoms with Gasteiger partial charge in [-0.2, -0.15) is 0 Å². The molecule has 1 saturated carbocycles. The summed E-state index contributed by atoms with van der Waals surface area (Å²) in [5.41, 5.74) is 1.38. The molecular weight excluding hydrogens is 320 g/mol. The van der Waals surface area contributed by atoms with E-state index in [2.05, 4.69) is 21.3 Å². The van der Waals surface area contributed by atoms with Crippen molar-refractivity contribution in [2.75, 3.05) is 37.4 Å². The van der Waals surface area contributed by atoms with E-state index < -0.39 is 0 Å². The minimum Gasteiger partial charge on any atom is -0.383 e. The van der Waals surface area contributed by atoms with Gasteiger partial charge in [0, 0.05) is 31.1 Å². The first kappa shape index (κ1) is 19.2. The first-order chi connectivity index (χ1) is 10.7. The van der Waals surface area contributed by atoms with E-state index in [4.69, 9.17) is 4.74 Å². The van der Waals surface area contributed by atoms with Crippen LogP contribution in [0.1, 0.15) is 12.8 Å². The summed E-state index contributed by atoms with van der Waals surface area (Å²) in [6.07, 6.45) is 2.10. The number of ether oxygens (including phenoxy) is 1. The molecule has 4 N–H and O–H groups in total. The van der Waals surface area contributed by atoms with E-state index in [0.717, 1.165) is 12.8 Å². The number of halogens is 1. The van der Waals surface area contributed by atoms with Crippen LogP contribution in [0.3, 0.4) is 0 Å². The lowest BCUT2D eigenvalue weighted by atomic mass is 10.3. The Morgan fingerprint density at radius 1 is 1.13 bits per heavy atom. The van der Waals surface area contributed by atoms with Gasteiger partial charge in [0.15, 0.2) is 0 Å². The van der Waals surface area contributed by atoms with Crippen molar-refractivity contribution in [1.29, 1.82) is 0 Å². The molecule has 0 aromatic heterocycles. The van der Waals surface area contributed by atoms with Gasteiger partial charge in [-0.25, -0.2) is 4.79 Å². The molecule has 0 radical (unpaired) electrons. The molecule has 1 aromatic rings. The molecule has 1 aliphatic rings. The number of hydrogen-bond acceptors (Lipinski definition) is 4. The van der Waals surface area contributed by atoms with Crippen LogP contribution in [-0.2, 0) is 9.53 Å². The van der Waals surface area contributed by atoms with Crippen LogP contribution in [0.4, 0.5) is 16.2 Å². The zero-order valence-corrected chi connectivity index (χ0v) is 13.9. The minimum absolute atomic E-state index is 0. The highest BCUT2D eigenvalue weighted by molar-refractivity contribution is 5.93. The summed E-state index contributed by atoms with van der Waals surface area (Å²) < 4.78 is 4.88. The summed E-state index contributed by atoms with van der Waals surface area (Å²) in [5.74, 6) is -0.122. The van der Waals surface area contributed by atoms with E-state index in [1.807, 2.05) is 0 Å². The summed E-state index contributed by atoms with van der Waals surface area (Å²) in [4.78, 5) is 23.3. The topological polar surface area (TPSA) is 91.5 Å². The number of amides is 3. The number of urea groups is 1. The lowest BCUT2D eigenvalue weighted by Crippen LogP contribution is -2.30. The van der Waals surface area contributed by atoms with E-state index in [9.17, 15) is 9.59 Å². The number of nitrogens with one attached hydrogen (secondary N) is 4. The molecule has 3 amide bonds. The maximum absolute atomic E-state index is 11.7. The quantitative estimate of drug-likeness (QED) is 0.540. The van der Waals surface area contributed by atoms with Gasteiger partial charge in [0.1, 0.15) is 0 Å². The third kappa shape index (κ3) is 7.83. The van der Waals surface area contributed by atoms with Crippen molar-refractivity contribution in [3.63, 3.8) is 0 Å². The smallest absolute Gasteiger partial charge is 0.319 e. The SMILES string of the molecule is COCCNCC(=O)Nc1ccc(NC(=O)NC2CC2)cc1.Cl. The number of carbonyl (C=O) groups excluding carboxylic acids is 2. The number of carbonyl (C=O) groups is 2. The molecule has 2 rings (SSSR count). The summed E-state index contributed by atoms with van der Waals surface area (Å²) >= 11 is 0. The van der Waals surface area contributed by atoms with E-state index in [1.54, 1.807) is 31.4 Å². The van der Waals surface area contributed by atoms with Gasteiger partial charge in [0.2, 0.25) is 5.91 Å². The summed E-state index contributed by atoms with van der Waals surface area (Å²) in [6.45, 7) is 1.42. The number of benzene rings is 1. The number of rotatable bonds is 8. The Balaban J connectivity index is 0.00000264. The average Bonchev–Trinajstić information content (AvgIpc) is 3.29. The number of anilines is 2. The van der Waals surface area contributed by atoms with Crippen LogP contribution in [-0.4, -0.2) is 44.8 Å². The zero-order valence-electron chi connectivity index (χ0n) is 13.1. The zero-order chi connectivity index (χ0) is 15.8. The van der Waals surface area contributed by atoms with Crippen molar-refractivity contribution in [3.05, 3.63) is 24.3 Å². The van der Waals surface area contributed by atoms with Crippen LogP contribution in [0.5, 0.6) is 0 Å². The van der Waals surface area contributed by atoms with Gasteiger partial charge in [0.25, 0.3) is 0 Å². The monoisotopic (exact) mass is 342 g/mol. The molecule has 128 valence electrons. The Kier molecular flexibility index (Phi) is 8.39. The fourth-order valence-corrected chi connectivity index (χ4v) is 1.80. The van der Waals surface area contributed by atoms with Crippen LogP contribution in [0.2, 0.25) is 0 Å². The molecule has 0 aliphatic heterocycles. The molecule has 7 nitrogen and oxygen atoms in total. The Morgan fingerprint density at radius 2 is 1.74 bits per heavy atom. The second kappa shape index (κ2) is 10.0. The lowest BCUT2D eigenvalue weighted by molar-refractivity contribution is -0.115. The Bertz CT molecular complexity index is 506. The van der Waals surface area contributed by atoms with Gasteiger partial charge in [-0.3, -0.25) is 4.79 Å². The predicted octanol–water partition coefficient (Wildman–Crippen LogP) is 1.57. The fourth-order valence-electron chi connectivity index (χ4n) is 1.80. The summed E-state index contributed by atoms with van der Waals surface area (Å²) in [6, 6.07) is 7.13. The van der Waals surface area contributed by atoms with Crippen molar-refractivity contribution in [2.24, 2.45) is 0 Å². The van der Waals surface area contributed by atoms with Crippen LogP contribution < -0.4 is 21.3 Å². The van der Waals surface area contributed by atoms with E-state index in [1.165, 1.54) is 0 Å². The standard InChI is InChI=1S/C15H22N4O3.ClH/c1-22-9-8-16-10-14(20)17-11-2-4-12(5-3-11)18-15(21)19-13-6-7-13;/h2-5,13,16H,6-10H2,1H3,(H,17,20)(H2,18,19,21);1H.